The highest BCUT2D eigenvalue weighted by Gasteiger charge is 2.23. The van der Waals surface area contributed by atoms with Crippen LogP contribution in [0.15, 0.2) is 54.9 Å². The van der Waals surface area contributed by atoms with Crippen molar-refractivity contribution in [1.82, 2.24) is 25.1 Å². The maximum atomic E-state index is 13.4. The lowest BCUT2D eigenvalue weighted by atomic mass is 10.1. The molecule has 3 heterocycles. The number of ether oxygens (including phenoxy) is 1. The number of rotatable bonds is 7. The summed E-state index contributed by atoms with van der Waals surface area (Å²) in [6.07, 6.45) is 3.88. The van der Waals surface area contributed by atoms with Crippen LogP contribution >= 0.6 is 0 Å². The maximum Gasteiger partial charge on any atom is 0.319 e. The number of phenols is 1. The summed E-state index contributed by atoms with van der Waals surface area (Å²) in [6.45, 7) is 2.08. The van der Waals surface area contributed by atoms with Gasteiger partial charge in [0.1, 0.15) is 23.9 Å². The van der Waals surface area contributed by atoms with Crippen molar-refractivity contribution < 1.29 is 14.6 Å². The summed E-state index contributed by atoms with van der Waals surface area (Å²) in [5.74, 6) is 0.114. The maximum absolute atomic E-state index is 13.4. The van der Waals surface area contributed by atoms with Crippen LogP contribution in [0.3, 0.4) is 0 Å². The van der Waals surface area contributed by atoms with Gasteiger partial charge in [-0.1, -0.05) is 24.3 Å². The second kappa shape index (κ2) is 10.5. The van der Waals surface area contributed by atoms with Crippen LogP contribution in [0.1, 0.15) is 22.5 Å². The number of aromatic hydroxyl groups is 1. The molecule has 4 aromatic rings. The SMILES string of the molecule is Cn1cc(COc2nc(C(=O)Nc3cc(O)cc4ccccc34)cc(N3CCN[C@@H](CC#N)C3)n2)cn1. The molecule has 0 saturated carbocycles. The van der Waals surface area contributed by atoms with Crippen molar-refractivity contribution in [2.24, 2.45) is 7.05 Å². The molecule has 2 aromatic heterocycles. The third-order valence-corrected chi connectivity index (χ3v) is 6.06. The lowest BCUT2D eigenvalue weighted by Crippen LogP contribution is -2.50. The highest BCUT2D eigenvalue weighted by Crippen LogP contribution is 2.29. The van der Waals surface area contributed by atoms with Gasteiger partial charge in [0.05, 0.1) is 24.4 Å². The number of hydrogen-bond donors (Lipinski definition) is 3. The summed E-state index contributed by atoms with van der Waals surface area (Å²) in [5.41, 5.74) is 1.42. The minimum absolute atomic E-state index is 0.00980. The fourth-order valence-corrected chi connectivity index (χ4v) is 4.32. The standard InChI is InChI=1S/C26H26N8O3/c1-33-14-17(13-29-33)16-37-26-31-23(12-24(32-26)34-9-8-28-19(15-34)6-7-27)25(36)30-22-11-20(35)10-18-4-2-3-5-21(18)22/h2-5,10-14,19,28,35H,6,8-9,15-16H2,1H3,(H,30,36)/t19-/m0/s1. The van der Waals surface area contributed by atoms with E-state index in [1.807, 2.05) is 42.4 Å². The van der Waals surface area contributed by atoms with E-state index >= 15 is 0 Å². The highest BCUT2D eigenvalue weighted by molar-refractivity contribution is 6.09. The summed E-state index contributed by atoms with van der Waals surface area (Å²) < 4.78 is 7.52. The summed E-state index contributed by atoms with van der Waals surface area (Å²) in [6, 6.07) is 14.5. The first kappa shape index (κ1) is 24.0. The normalized spacial score (nSPS) is 15.4. The molecule has 0 bridgehead atoms. The highest BCUT2D eigenvalue weighted by atomic mass is 16.5. The zero-order valence-electron chi connectivity index (χ0n) is 20.3. The second-order valence-electron chi connectivity index (χ2n) is 8.83. The number of carbonyl (C=O) groups excluding carboxylic acids is 1. The molecule has 1 amide bonds. The van der Waals surface area contributed by atoms with Gasteiger partial charge in [-0.2, -0.15) is 20.3 Å². The van der Waals surface area contributed by atoms with Crippen molar-refractivity contribution in [3.63, 3.8) is 0 Å². The van der Waals surface area contributed by atoms with E-state index in [0.717, 1.165) is 16.3 Å². The molecule has 37 heavy (non-hydrogen) atoms. The average Bonchev–Trinajstić information content (AvgIpc) is 3.32. The van der Waals surface area contributed by atoms with E-state index < -0.39 is 5.91 Å². The third-order valence-electron chi connectivity index (χ3n) is 6.06. The van der Waals surface area contributed by atoms with Crippen molar-refractivity contribution >= 4 is 28.2 Å². The Balaban J connectivity index is 1.45. The number of aromatic nitrogens is 4. The molecule has 3 N–H and O–H groups in total. The smallest absolute Gasteiger partial charge is 0.319 e. The topological polar surface area (TPSA) is 141 Å². The quantitative estimate of drug-likeness (QED) is 0.350. The van der Waals surface area contributed by atoms with Gasteiger partial charge < -0.3 is 25.4 Å². The predicted octanol–water partition coefficient (Wildman–Crippen LogP) is 2.59. The Labute approximate surface area is 213 Å². The van der Waals surface area contributed by atoms with Crippen LogP contribution in [-0.2, 0) is 13.7 Å². The number of nitrogens with one attached hydrogen (secondary N) is 2. The van der Waals surface area contributed by atoms with E-state index in [-0.39, 0.29) is 30.1 Å². The fourth-order valence-electron chi connectivity index (χ4n) is 4.32. The number of carbonyl (C=O) groups is 1. The molecule has 11 heteroatoms. The van der Waals surface area contributed by atoms with Crippen molar-refractivity contribution in [3.05, 3.63) is 66.1 Å². The molecular weight excluding hydrogens is 472 g/mol. The molecule has 0 radical (unpaired) electrons. The van der Waals surface area contributed by atoms with Crippen molar-refractivity contribution in [3.8, 4) is 17.8 Å². The molecule has 0 spiro atoms. The number of fused-ring (bicyclic) bond motifs is 1. The monoisotopic (exact) mass is 498 g/mol. The molecule has 1 aliphatic rings. The molecule has 1 atom stereocenters. The van der Waals surface area contributed by atoms with Crippen LogP contribution in [0, 0.1) is 11.3 Å². The van der Waals surface area contributed by atoms with Gasteiger partial charge in [-0.15, -0.1) is 0 Å². The van der Waals surface area contributed by atoms with E-state index in [0.29, 0.717) is 37.6 Å². The number of anilines is 2. The number of benzene rings is 2. The van der Waals surface area contributed by atoms with E-state index in [1.54, 1.807) is 23.0 Å². The van der Waals surface area contributed by atoms with Crippen LogP contribution in [0.4, 0.5) is 11.5 Å². The number of hydrogen-bond acceptors (Lipinski definition) is 9. The van der Waals surface area contributed by atoms with E-state index in [4.69, 9.17) is 10.00 Å². The molecule has 0 aliphatic carbocycles. The van der Waals surface area contributed by atoms with Gasteiger partial charge in [0.25, 0.3) is 5.91 Å². The van der Waals surface area contributed by atoms with Crippen LogP contribution in [0.2, 0.25) is 0 Å². The van der Waals surface area contributed by atoms with Gasteiger partial charge in [-0.05, 0) is 11.5 Å². The minimum atomic E-state index is -0.464. The molecule has 188 valence electrons. The number of aryl methyl sites for hydroxylation is 1. The summed E-state index contributed by atoms with van der Waals surface area (Å²) in [4.78, 5) is 24.3. The summed E-state index contributed by atoms with van der Waals surface area (Å²) in [7, 11) is 1.82. The Hall–Kier alpha value is -4.69. The molecule has 11 nitrogen and oxygen atoms in total. The number of piperazine rings is 1. The Morgan fingerprint density at radius 2 is 2.16 bits per heavy atom. The van der Waals surface area contributed by atoms with Crippen molar-refractivity contribution in [2.45, 2.75) is 19.1 Å². The number of nitrogens with zero attached hydrogens (tertiary/aromatic N) is 6. The van der Waals surface area contributed by atoms with E-state index in [2.05, 4.69) is 31.8 Å². The van der Waals surface area contributed by atoms with Crippen LogP contribution in [0.5, 0.6) is 11.8 Å². The Morgan fingerprint density at radius 1 is 1.30 bits per heavy atom. The Bertz CT molecular complexity index is 1480. The number of phenolic OH excluding ortho intramolecular Hbond substituents is 1. The predicted molar refractivity (Wildman–Crippen MR) is 137 cm³/mol. The molecule has 5 rings (SSSR count). The summed E-state index contributed by atoms with van der Waals surface area (Å²) in [5, 5.41) is 31.2. The zero-order valence-corrected chi connectivity index (χ0v) is 20.3. The van der Waals surface area contributed by atoms with E-state index in [9.17, 15) is 9.90 Å². The van der Waals surface area contributed by atoms with Gasteiger partial charge in [-0.3, -0.25) is 9.48 Å². The first-order chi connectivity index (χ1) is 18.0. The molecular formula is C26H26N8O3. The lowest BCUT2D eigenvalue weighted by molar-refractivity contribution is 0.102. The van der Waals surface area contributed by atoms with Gasteiger partial charge in [0.15, 0.2) is 0 Å². The van der Waals surface area contributed by atoms with E-state index in [1.165, 1.54) is 6.07 Å². The van der Waals surface area contributed by atoms with Crippen molar-refractivity contribution in [2.75, 3.05) is 29.9 Å². The molecule has 2 aromatic carbocycles. The van der Waals surface area contributed by atoms with Crippen LogP contribution in [-0.4, -0.2) is 56.4 Å². The Morgan fingerprint density at radius 3 is 2.97 bits per heavy atom. The second-order valence-corrected chi connectivity index (χ2v) is 8.83. The van der Waals surface area contributed by atoms with Crippen molar-refractivity contribution in [1.29, 1.82) is 5.26 Å². The number of nitriles is 1. The van der Waals surface area contributed by atoms with Gasteiger partial charge >= 0.3 is 6.01 Å². The average molecular weight is 499 g/mol. The zero-order chi connectivity index (χ0) is 25.8. The van der Waals surface area contributed by atoms with Gasteiger partial charge in [-0.25, -0.2) is 0 Å². The van der Waals surface area contributed by atoms with Gasteiger partial charge in [0, 0.05) is 62.0 Å². The largest absolute Gasteiger partial charge is 0.508 e. The first-order valence-electron chi connectivity index (χ1n) is 11.9. The first-order valence-corrected chi connectivity index (χ1v) is 11.9. The molecule has 1 fully saturated rings. The lowest BCUT2D eigenvalue weighted by Gasteiger charge is -2.33. The minimum Gasteiger partial charge on any atom is -0.508 e. The molecule has 1 saturated heterocycles. The molecule has 1 aliphatic heterocycles. The molecule has 0 unspecified atom stereocenters. The fraction of sp³-hybridized carbons (Fsp3) is 0.269. The summed E-state index contributed by atoms with van der Waals surface area (Å²) >= 11 is 0. The van der Waals surface area contributed by atoms with Crippen LogP contribution in [0.25, 0.3) is 10.8 Å². The third kappa shape index (κ3) is 5.60. The van der Waals surface area contributed by atoms with Crippen LogP contribution < -0.4 is 20.3 Å². The van der Waals surface area contributed by atoms with Gasteiger partial charge in [0.2, 0.25) is 0 Å². The number of amides is 1. The Kier molecular flexibility index (Phi) is 6.83.